The Balaban J connectivity index is 1.92. The van der Waals surface area contributed by atoms with Crippen molar-refractivity contribution in [1.82, 2.24) is 0 Å². The number of hydrogen-bond acceptors (Lipinski definition) is 2. The standard InChI is InChI=1S/C13H24O3/c1-11-6-5-7-12(10-11)16-9-4-2-3-8-13(14)15/h11-12H,2-10H2,1H3,(H,14,15)/t11-,12+/m1/s1. The Morgan fingerprint density at radius 3 is 2.81 bits per heavy atom. The van der Waals surface area contributed by atoms with Gasteiger partial charge in [0.1, 0.15) is 0 Å². The first-order valence-corrected chi connectivity index (χ1v) is 6.52. The van der Waals surface area contributed by atoms with E-state index in [2.05, 4.69) is 6.92 Å². The molecule has 3 nitrogen and oxygen atoms in total. The van der Waals surface area contributed by atoms with E-state index in [4.69, 9.17) is 9.84 Å². The molecule has 2 atom stereocenters. The summed E-state index contributed by atoms with van der Waals surface area (Å²) in [7, 11) is 0. The third kappa shape index (κ3) is 6.11. The largest absolute Gasteiger partial charge is 0.481 e. The van der Waals surface area contributed by atoms with Crippen molar-refractivity contribution in [1.29, 1.82) is 0 Å². The molecule has 0 aromatic heterocycles. The van der Waals surface area contributed by atoms with Gasteiger partial charge in [0.2, 0.25) is 0 Å². The minimum absolute atomic E-state index is 0.292. The van der Waals surface area contributed by atoms with Crippen molar-refractivity contribution in [2.45, 2.75) is 64.4 Å². The van der Waals surface area contributed by atoms with Gasteiger partial charge in [0.25, 0.3) is 0 Å². The summed E-state index contributed by atoms with van der Waals surface area (Å²) < 4.78 is 5.81. The topological polar surface area (TPSA) is 46.5 Å². The molecular weight excluding hydrogens is 204 g/mol. The lowest BCUT2D eigenvalue weighted by Gasteiger charge is -2.26. The quantitative estimate of drug-likeness (QED) is 0.680. The van der Waals surface area contributed by atoms with Crippen LogP contribution in [0.3, 0.4) is 0 Å². The molecule has 0 unspecified atom stereocenters. The molecule has 0 aliphatic heterocycles. The Morgan fingerprint density at radius 2 is 2.12 bits per heavy atom. The highest BCUT2D eigenvalue weighted by molar-refractivity contribution is 5.66. The van der Waals surface area contributed by atoms with Crippen LogP contribution in [0.1, 0.15) is 58.3 Å². The molecule has 3 heteroatoms. The van der Waals surface area contributed by atoms with Crippen LogP contribution in [-0.4, -0.2) is 23.8 Å². The molecule has 1 aliphatic carbocycles. The second-order valence-electron chi connectivity index (χ2n) is 4.97. The van der Waals surface area contributed by atoms with Crippen molar-refractivity contribution in [3.8, 4) is 0 Å². The predicted octanol–water partition coefficient (Wildman–Crippen LogP) is 3.23. The van der Waals surface area contributed by atoms with Crippen LogP contribution in [0.25, 0.3) is 0 Å². The van der Waals surface area contributed by atoms with Gasteiger partial charge in [-0.15, -0.1) is 0 Å². The van der Waals surface area contributed by atoms with E-state index < -0.39 is 5.97 Å². The normalized spacial score (nSPS) is 25.6. The number of rotatable bonds is 7. The van der Waals surface area contributed by atoms with E-state index in [-0.39, 0.29) is 0 Å². The molecule has 1 N–H and O–H groups in total. The van der Waals surface area contributed by atoms with E-state index in [1.54, 1.807) is 0 Å². The van der Waals surface area contributed by atoms with Gasteiger partial charge in [-0.05, 0) is 31.6 Å². The van der Waals surface area contributed by atoms with Crippen LogP contribution in [0.4, 0.5) is 0 Å². The summed E-state index contributed by atoms with van der Waals surface area (Å²) in [6.07, 6.45) is 8.55. The van der Waals surface area contributed by atoms with Gasteiger partial charge in [0.05, 0.1) is 6.10 Å². The molecular formula is C13H24O3. The van der Waals surface area contributed by atoms with Crippen LogP contribution in [0.15, 0.2) is 0 Å². The summed E-state index contributed by atoms with van der Waals surface area (Å²) >= 11 is 0. The number of aliphatic carboxylic acids is 1. The zero-order valence-electron chi connectivity index (χ0n) is 10.3. The summed E-state index contributed by atoms with van der Waals surface area (Å²) in [5.74, 6) is 0.118. The zero-order valence-corrected chi connectivity index (χ0v) is 10.3. The first-order chi connectivity index (χ1) is 7.68. The van der Waals surface area contributed by atoms with E-state index in [0.717, 1.165) is 31.8 Å². The van der Waals surface area contributed by atoms with Crippen molar-refractivity contribution in [2.75, 3.05) is 6.61 Å². The molecule has 0 aromatic rings. The molecule has 0 aromatic carbocycles. The van der Waals surface area contributed by atoms with Crippen molar-refractivity contribution >= 4 is 5.97 Å². The second-order valence-corrected chi connectivity index (χ2v) is 4.97. The molecule has 1 rings (SSSR count). The van der Waals surface area contributed by atoms with E-state index >= 15 is 0 Å². The highest BCUT2D eigenvalue weighted by Crippen LogP contribution is 2.25. The van der Waals surface area contributed by atoms with Crippen LogP contribution in [0, 0.1) is 5.92 Å². The maximum atomic E-state index is 10.3. The average molecular weight is 228 g/mol. The number of carboxylic acid groups (broad SMARTS) is 1. The lowest BCUT2D eigenvalue weighted by atomic mass is 9.89. The van der Waals surface area contributed by atoms with Crippen molar-refractivity contribution in [3.63, 3.8) is 0 Å². The summed E-state index contributed by atoms with van der Waals surface area (Å²) in [6, 6.07) is 0. The van der Waals surface area contributed by atoms with E-state index in [9.17, 15) is 4.79 Å². The van der Waals surface area contributed by atoms with Crippen LogP contribution < -0.4 is 0 Å². The van der Waals surface area contributed by atoms with Gasteiger partial charge in [-0.2, -0.15) is 0 Å². The predicted molar refractivity (Wildman–Crippen MR) is 63.5 cm³/mol. The van der Waals surface area contributed by atoms with Gasteiger partial charge in [0.15, 0.2) is 0 Å². The van der Waals surface area contributed by atoms with E-state index in [0.29, 0.717) is 12.5 Å². The fourth-order valence-electron chi connectivity index (χ4n) is 2.33. The molecule has 0 radical (unpaired) electrons. The summed E-state index contributed by atoms with van der Waals surface area (Å²) in [5, 5.41) is 8.47. The lowest BCUT2D eigenvalue weighted by molar-refractivity contribution is -0.137. The Morgan fingerprint density at radius 1 is 1.31 bits per heavy atom. The minimum Gasteiger partial charge on any atom is -0.481 e. The summed E-state index contributed by atoms with van der Waals surface area (Å²) in [5.41, 5.74) is 0. The first kappa shape index (κ1) is 13.5. The summed E-state index contributed by atoms with van der Waals surface area (Å²) in [4.78, 5) is 10.3. The number of unbranched alkanes of at least 4 members (excludes halogenated alkanes) is 2. The van der Waals surface area contributed by atoms with E-state index in [1.165, 1.54) is 25.7 Å². The molecule has 0 spiro atoms. The monoisotopic (exact) mass is 228 g/mol. The number of ether oxygens (including phenoxy) is 1. The maximum absolute atomic E-state index is 10.3. The molecule has 0 bridgehead atoms. The molecule has 0 saturated heterocycles. The third-order valence-electron chi connectivity index (χ3n) is 3.28. The van der Waals surface area contributed by atoms with Crippen molar-refractivity contribution < 1.29 is 14.6 Å². The highest BCUT2D eigenvalue weighted by Gasteiger charge is 2.18. The molecule has 1 fully saturated rings. The van der Waals surface area contributed by atoms with Gasteiger partial charge < -0.3 is 9.84 Å². The van der Waals surface area contributed by atoms with Crippen molar-refractivity contribution in [2.24, 2.45) is 5.92 Å². The number of carbonyl (C=O) groups is 1. The third-order valence-corrected chi connectivity index (χ3v) is 3.28. The van der Waals surface area contributed by atoms with Gasteiger partial charge in [-0.3, -0.25) is 4.79 Å². The molecule has 0 amide bonds. The number of hydrogen-bond donors (Lipinski definition) is 1. The molecule has 1 aliphatic rings. The molecule has 94 valence electrons. The van der Waals surface area contributed by atoms with Gasteiger partial charge in [-0.1, -0.05) is 26.2 Å². The fraction of sp³-hybridized carbons (Fsp3) is 0.923. The Bertz CT molecular complexity index is 203. The average Bonchev–Trinajstić information content (AvgIpc) is 2.23. The van der Waals surface area contributed by atoms with Gasteiger partial charge in [-0.25, -0.2) is 0 Å². The lowest BCUT2D eigenvalue weighted by Crippen LogP contribution is -2.21. The molecule has 1 saturated carbocycles. The van der Waals surface area contributed by atoms with E-state index in [1.807, 2.05) is 0 Å². The van der Waals surface area contributed by atoms with Gasteiger partial charge >= 0.3 is 5.97 Å². The zero-order chi connectivity index (χ0) is 11.8. The first-order valence-electron chi connectivity index (χ1n) is 6.52. The Kier molecular flexibility index (Phi) is 6.46. The van der Waals surface area contributed by atoms with Crippen LogP contribution in [-0.2, 0) is 9.53 Å². The number of carboxylic acids is 1. The minimum atomic E-state index is -0.693. The SMILES string of the molecule is C[C@@H]1CCC[C@H](OCCCCCC(=O)O)C1. The molecule has 0 heterocycles. The van der Waals surface area contributed by atoms with Crippen LogP contribution in [0.5, 0.6) is 0 Å². The second kappa shape index (κ2) is 7.66. The van der Waals surface area contributed by atoms with Crippen LogP contribution >= 0.6 is 0 Å². The van der Waals surface area contributed by atoms with Crippen LogP contribution in [0.2, 0.25) is 0 Å². The highest BCUT2D eigenvalue weighted by atomic mass is 16.5. The Hall–Kier alpha value is -0.570. The Labute approximate surface area is 98.2 Å². The smallest absolute Gasteiger partial charge is 0.303 e. The van der Waals surface area contributed by atoms with Gasteiger partial charge in [0, 0.05) is 13.0 Å². The maximum Gasteiger partial charge on any atom is 0.303 e. The van der Waals surface area contributed by atoms with Crippen molar-refractivity contribution in [3.05, 3.63) is 0 Å². The summed E-state index contributed by atoms with van der Waals surface area (Å²) in [6.45, 7) is 3.10. The fourth-order valence-corrected chi connectivity index (χ4v) is 2.33. The molecule has 16 heavy (non-hydrogen) atoms.